The van der Waals surface area contributed by atoms with Crippen LogP contribution in [0.4, 0.5) is 5.69 Å². The van der Waals surface area contributed by atoms with Gasteiger partial charge in [-0.05, 0) is 36.8 Å². The molecule has 0 fully saturated rings. The van der Waals surface area contributed by atoms with Crippen molar-refractivity contribution >= 4 is 17.3 Å². The Balaban J connectivity index is 1.76. The van der Waals surface area contributed by atoms with E-state index < -0.39 is 0 Å². The fraction of sp³-hybridized carbons (Fsp3) is 0.267. The smallest absolute Gasteiger partial charge is 0.161 e. The van der Waals surface area contributed by atoms with Crippen molar-refractivity contribution < 1.29 is 9.47 Å². The molecule has 0 bridgehead atoms. The Morgan fingerprint density at radius 1 is 1.15 bits per heavy atom. The fourth-order valence-electron chi connectivity index (χ4n) is 2.12. The maximum absolute atomic E-state index is 5.78. The van der Waals surface area contributed by atoms with Crippen molar-refractivity contribution in [1.29, 1.82) is 0 Å². The first-order valence-corrected chi connectivity index (χ1v) is 6.88. The minimum Gasteiger partial charge on any atom is -0.486 e. The molecule has 0 radical (unpaired) electrons. The lowest BCUT2D eigenvalue weighted by Gasteiger charge is -2.21. The zero-order valence-electron chi connectivity index (χ0n) is 11.1. The van der Waals surface area contributed by atoms with Crippen molar-refractivity contribution in [1.82, 2.24) is 4.98 Å². The molecule has 104 valence electrons. The number of hydrogen-bond donors (Lipinski definition) is 1. The van der Waals surface area contributed by atoms with Gasteiger partial charge in [-0.25, -0.2) is 4.98 Å². The van der Waals surface area contributed by atoms with E-state index in [1.54, 1.807) is 12.3 Å². The van der Waals surface area contributed by atoms with E-state index in [4.69, 9.17) is 21.1 Å². The van der Waals surface area contributed by atoms with E-state index >= 15 is 0 Å². The molecule has 0 saturated heterocycles. The number of hydrogen-bond acceptors (Lipinski definition) is 4. The Morgan fingerprint density at radius 2 is 1.95 bits per heavy atom. The lowest BCUT2D eigenvalue weighted by atomic mass is 10.1. The molecule has 0 aliphatic carbocycles. The predicted molar refractivity (Wildman–Crippen MR) is 78.7 cm³/mol. The minimum absolute atomic E-state index is 0.133. The molecule has 2 heterocycles. The number of ether oxygens (including phenoxy) is 2. The van der Waals surface area contributed by atoms with Crippen molar-refractivity contribution in [3.05, 3.63) is 47.2 Å². The standard InChI is InChI=1S/C15H15ClN2O2/c1-10(18-12-3-5-15(16)17-9-12)11-2-4-13-14(8-11)20-7-6-19-13/h2-5,8-10,18H,6-7H2,1H3. The van der Waals surface area contributed by atoms with E-state index in [1.165, 1.54) is 0 Å². The third kappa shape index (κ3) is 2.80. The van der Waals surface area contributed by atoms with Crippen LogP contribution >= 0.6 is 11.6 Å². The van der Waals surface area contributed by atoms with Gasteiger partial charge < -0.3 is 14.8 Å². The summed E-state index contributed by atoms with van der Waals surface area (Å²) in [5.74, 6) is 1.61. The molecular weight excluding hydrogens is 276 g/mol. The number of halogens is 1. The van der Waals surface area contributed by atoms with E-state index in [0.717, 1.165) is 22.7 Å². The maximum Gasteiger partial charge on any atom is 0.161 e. The number of aromatic nitrogens is 1. The highest BCUT2D eigenvalue weighted by atomic mass is 35.5. The van der Waals surface area contributed by atoms with Crippen LogP contribution in [0.3, 0.4) is 0 Å². The highest BCUT2D eigenvalue weighted by Crippen LogP contribution is 2.33. The predicted octanol–water partition coefficient (Wildman–Crippen LogP) is 3.68. The molecule has 1 atom stereocenters. The summed E-state index contributed by atoms with van der Waals surface area (Å²) >= 11 is 5.78. The molecular formula is C15H15ClN2O2. The lowest BCUT2D eigenvalue weighted by Crippen LogP contribution is -2.16. The summed E-state index contributed by atoms with van der Waals surface area (Å²) in [7, 11) is 0. The number of anilines is 1. The van der Waals surface area contributed by atoms with Crippen molar-refractivity contribution in [3.8, 4) is 11.5 Å². The van der Waals surface area contributed by atoms with E-state index in [9.17, 15) is 0 Å². The summed E-state index contributed by atoms with van der Waals surface area (Å²) in [6, 6.07) is 9.80. The van der Waals surface area contributed by atoms with Crippen LogP contribution in [0.25, 0.3) is 0 Å². The van der Waals surface area contributed by atoms with E-state index in [-0.39, 0.29) is 6.04 Å². The van der Waals surface area contributed by atoms with Crippen LogP contribution in [0.15, 0.2) is 36.5 Å². The second kappa shape index (κ2) is 5.59. The molecule has 0 amide bonds. The molecule has 1 N–H and O–H groups in total. The molecule has 0 spiro atoms. The zero-order valence-corrected chi connectivity index (χ0v) is 11.9. The average Bonchev–Trinajstić information content (AvgIpc) is 2.49. The minimum atomic E-state index is 0.133. The van der Waals surface area contributed by atoms with Gasteiger partial charge >= 0.3 is 0 Å². The molecule has 20 heavy (non-hydrogen) atoms. The van der Waals surface area contributed by atoms with Crippen molar-refractivity contribution in [2.45, 2.75) is 13.0 Å². The Hall–Kier alpha value is -1.94. The highest BCUT2D eigenvalue weighted by Gasteiger charge is 2.14. The van der Waals surface area contributed by atoms with Gasteiger partial charge in [0.1, 0.15) is 18.4 Å². The summed E-state index contributed by atoms with van der Waals surface area (Å²) < 4.78 is 11.1. The summed E-state index contributed by atoms with van der Waals surface area (Å²) in [5, 5.41) is 3.86. The topological polar surface area (TPSA) is 43.4 Å². The Morgan fingerprint density at radius 3 is 2.70 bits per heavy atom. The molecule has 3 rings (SSSR count). The van der Waals surface area contributed by atoms with Gasteiger partial charge in [-0.3, -0.25) is 0 Å². The summed E-state index contributed by atoms with van der Waals surface area (Å²) in [6.07, 6.45) is 1.72. The second-order valence-corrected chi connectivity index (χ2v) is 5.03. The average molecular weight is 291 g/mol. The first-order valence-electron chi connectivity index (χ1n) is 6.50. The van der Waals surface area contributed by atoms with Crippen LogP contribution in [-0.2, 0) is 0 Å². The van der Waals surface area contributed by atoms with Crippen LogP contribution in [0.5, 0.6) is 11.5 Å². The number of nitrogens with zero attached hydrogens (tertiary/aromatic N) is 1. The van der Waals surface area contributed by atoms with Gasteiger partial charge in [0.25, 0.3) is 0 Å². The zero-order chi connectivity index (χ0) is 13.9. The van der Waals surface area contributed by atoms with Gasteiger partial charge in [0.15, 0.2) is 11.5 Å². The highest BCUT2D eigenvalue weighted by molar-refractivity contribution is 6.29. The Labute approximate surface area is 122 Å². The van der Waals surface area contributed by atoms with Gasteiger partial charge in [0.2, 0.25) is 0 Å². The van der Waals surface area contributed by atoms with Gasteiger partial charge in [0.05, 0.1) is 11.9 Å². The largest absolute Gasteiger partial charge is 0.486 e. The number of rotatable bonds is 3. The normalized spacial score (nSPS) is 14.7. The number of benzene rings is 1. The van der Waals surface area contributed by atoms with Crippen molar-refractivity contribution in [3.63, 3.8) is 0 Å². The lowest BCUT2D eigenvalue weighted by molar-refractivity contribution is 0.171. The molecule has 1 aromatic heterocycles. The van der Waals surface area contributed by atoms with Gasteiger partial charge in [0, 0.05) is 6.04 Å². The number of pyridine rings is 1. The summed E-state index contributed by atoms with van der Waals surface area (Å²) in [4.78, 5) is 4.05. The molecule has 1 aromatic carbocycles. The molecule has 0 saturated carbocycles. The van der Waals surface area contributed by atoms with Crippen LogP contribution in [0, 0.1) is 0 Å². The number of nitrogens with one attached hydrogen (secondary N) is 1. The van der Waals surface area contributed by atoms with Crippen LogP contribution < -0.4 is 14.8 Å². The van der Waals surface area contributed by atoms with Crippen LogP contribution in [0.1, 0.15) is 18.5 Å². The van der Waals surface area contributed by atoms with Crippen LogP contribution in [0.2, 0.25) is 5.15 Å². The van der Waals surface area contributed by atoms with E-state index in [1.807, 2.05) is 24.3 Å². The summed E-state index contributed by atoms with van der Waals surface area (Å²) in [6.45, 7) is 3.29. The molecule has 1 unspecified atom stereocenters. The van der Waals surface area contributed by atoms with Gasteiger partial charge in [-0.15, -0.1) is 0 Å². The first-order chi connectivity index (χ1) is 9.72. The van der Waals surface area contributed by atoms with Crippen molar-refractivity contribution in [2.24, 2.45) is 0 Å². The van der Waals surface area contributed by atoms with Crippen LogP contribution in [-0.4, -0.2) is 18.2 Å². The van der Waals surface area contributed by atoms with Crippen molar-refractivity contribution in [2.75, 3.05) is 18.5 Å². The maximum atomic E-state index is 5.78. The summed E-state index contributed by atoms with van der Waals surface area (Å²) in [5.41, 5.74) is 2.06. The molecule has 1 aliphatic rings. The van der Waals surface area contributed by atoms with E-state index in [2.05, 4.69) is 17.2 Å². The fourth-order valence-corrected chi connectivity index (χ4v) is 2.24. The van der Waals surface area contributed by atoms with Gasteiger partial charge in [-0.2, -0.15) is 0 Å². The SMILES string of the molecule is CC(Nc1ccc(Cl)nc1)c1ccc2c(c1)OCCO2. The Bertz CT molecular complexity index is 601. The number of fused-ring (bicyclic) bond motifs is 1. The Kier molecular flexibility index (Phi) is 3.65. The third-order valence-electron chi connectivity index (χ3n) is 3.18. The quantitative estimate of drug-likeness (QED) is 0.876. The van der Waals surface area contributed by atoms with Gasteiger partial charge in [-0.1, -0.05) is 17.7 Å². The second-order valence-electron chi connectivity index (χ2n) is 4.64. The molecule has 5 heteroatoms. The molecule has 4 nitrogen and oxygen atoms in total. The molecule has 2 aromatic rings. The monoisotopic (exact) mass is 290 g/mol. The molecule has 1 aliphatic heterocycles. The first kappa shape index (κ1) is 13.1. The van der Waals surface area contributed by atoms with E-state index in [0.29, 0.717) is 18.4 Å². The third-order valence-corrected chi connectivity index (χ3v) is 3.40.